The molecule has 0 aliphatic carbocycles. The van der Waals surface area contributed by atoms with Gasteiger partial charge in [0.2, 0.25) is 0 Å². The Morgan fingerprint density at radius 1 is 1.18 bits per heavy atom. The molecule has 1 fully saturated rings. The minimum Gasteiger partial charge on any atom is -0.497 e. The van der Waals surface area contributed by atoms with Crippen LogP contribution in [-0.2, 0) is 6.42 Å². The lowest BCUT2D eigenvalue weighted by Crippen LogP contribution is -2.39. The molecule has 114 valence electrons. The summed E-state index contributed by atoms with van der Waals surface area (Å²) in [5.74, 6) is 1.56. The Bertz CT molecular complexity index is 685. The number of rotatable bonds is 3. The van der Waals surface area contributed by atoms with Crippen molar-refractivity contribution in [3.63, 3.8) is 0 Å². The lowest BCUT2D eigenvalue weighted by molar-refractivity contribution is 0.415. The zero-order chi connectivity index (χ0) is 15.1. The number of fused-ring (bicyclic) bond motifs is 2. The maximum atomic E-state index is 5.29. The maximum absolute atomic E-state index is 5.29. The lowest BCUT2D eigenvalue weighted by Gasteiger charge is -2.42. The largest absolute Gasteiger partial charge is 0.497 e. The second-order valence-electron chi connectivity index (χ2n) is 6.24. The number of piperidine rings is 1. The minimum atomic E-state index is 0.656. The first-order chi connectivity index (χ1) is 10.8. The predicted octanol–water partition coefficient (Wildman–Crippen LogP) is 4.02. The van der Waals surface area contributed by atoms with E-state index in [1.165, 1.54) is 54.1 Å². The molecule has 2 bridgehead atoms. The van der Waals surface area contributed by atoms with Crippen molar-refractivity contribution >= 4 is 5.69 Å². The van der Waals surface area contributed by atoms with Gasteiger partial charge < -0.3 is 9.64 Å². The highest BCUT2D eigenvalue weighted by atomic mass is 16.5. The predicted molar refractivity (Wildman–Crippen MR) is 89.8 cm³/mol. The molecule has 0 unspecified atom stereocenters. The number of nitrogens with zero attached hydrogens (tertiary/aromatic N) is 2. The second kappa shape index (κ2) is 5.31. The SMILES string of the molecule is CCc1cc(-c2ccc(OC)cc2)c2c(n1)C1CCN2CC1. The molecule has 3 aliphatic rings. The number of pyridine rings is 1. The third kappa shape index (κ3) is 2.07. The van der Waals surface area contributed by atoms with Gasteiger partial charge in [-0.1, -0.05) is 19.1 Å². The molecule has 0 spiro atoms. The van der Waals surface area contributed by atoms with Crippen LogP contribution in [0.4, 0.5) is 5.69 Å². The summed E-state index contributed by atoms with van der Waals surface area (Å²) >= 11 is 0. The van der Waals surface area contributed by atoms with Gasteiger partial charge in [0.05, 0.1) is 18.5 Å². The van der Waals surface area contributed by atoms with E-state index in [2.05, 4.69) is 30.0 Å². The second-order valence-corrected chi connectivity index (χ2v) is 6.24. The number of hydrogen-bond donors (Lipinski definition) is 0. The van der Waals surface area contributed by atoms with E-state index in [0.717, 1.165) is 12.2 Å². The van der Waals surface area contributed by atoms with Crippen LogP contribution < -0.4 is 9.64 Å². The summed E-state index contributed by atoms with van der Waals surface area (Å²) in [6, 6.07) is 10.7. The van der Waals surface area contributed by atoms with Crippen molar-refractivity contribution in [2.75, 3.05) is 25.1 Å². The quantitative estimate of drug-likeness (QED) is 0.855. The van der Waals surface area contributed by atoms with Crippen LogP contribution in [0.2, 0.25) is 0 Å². The van der Waals surface area contributed by atoms with Gasteiger partial charge in [-0.3, -0.25) is 4.98 Å². The van der Waals surface area contributed by atoms with Gasteiger partial charge in [0.15, 0.2) is 0 Å². The highest BCUT2D eigenvalue weighted by Crippen LogP contribution is 2.46. The number of hydrogen-bond acceptors (Lipinski definition) is 3. The molecule has 3 aliphatic heterocycles. The van der Waals surface area contributed by atoms with Gasteiger partial charge >= 0.3 is 0 Å². The van der Waals surface area contributed by atoms with Crippen molar-refractivity contribution in [2.24, 2.45) is 0 Å². The summed E-state index contributed by atoms with van der Waals surface area (Å²) in [5.41, 5.74) is 6.53. The molecule has 0 radical (unpaired) electrons. The average molecular weight is 294 g/mol. The molecular weight excluding hydrogens is 272 g/mol. The van der Waals surface area contributed by atoms with Gasteiger partial charge in [0, 0.05) is 30.3 Å². The topological polar surface area (TPSA) is 25.4 Å². The van der Waals surface area contributed by atoms with Crippen LogP contribution in [0.3, 0.4) is 0 Å². The number of aromatic nitrogens is 1. The molecular formula is C19H22N2O. The van der Waals surface area contributed by atoms with Crippen LogP contribution in [0.25, 0.3) is 11.1 Å². The van der Waals surface area contributed by atoms with Gasteiger partial charge in [-0.15, -0.1) is 0 Å². The first kappa shape index (κ1) is 13.6. The van der Waals surface area contributed by atoms with Crippen LogP contribution in [0.15, 0.2) is 30.3 Å². The van der Waals surface area contributed by atoms with E-state index in [1.807, 2.05) is 12.1 Å². The maximum Gasteiger partial charge on any atom is 0.118 e. The summed E-state index contributed by atoms with van der Waals surface area (Å²) < 4.78 is 5.29. The summed E-state index contributed by atoms with van der Waals surface area (Å²) in [5, 5.41) is 0. The Balaban J connectivity index is 1.89. The van der Waals surface area contributed by atoms with Crippen molar-refractivity contribution in [2.45, 2.75) is 32.1 Å². The van der Waals surface area contributed by atoms with Crippen LogP contribution in [0.5, 0.6) is 5.75 Å². The van der Waals surface area contributed by atoms with Crippen molar-refractivity contribution in [1.82, 2.24) is 4.98 Å². The van der Waals surface area contributed by atoms with Gasteiger partial charge in [0.25, 0.3) is 0 Å². The fourth-order valence-corrected chi connectivity index (χ4v) is 3.78. The van der Waals surface area contributed by atoms with Crippen molar-refractivity contribution < 1.29 is 4.74 Å². The summed E-state index contributed by atoms with van der Waals surface area (Å²) in [6.45, 7) is 4.54. The molecule has 1 saturated heterocycles. The van der Waals surface area contributed by atoms with E-state index in [1.54, 1.807) is 7.11 Å². The Hall–Kier alpha value is -2.03. The molecule has 4 heterocycles. The Morgan fingerprint density at radius 3 is 2.55 bits per heavy atom. The van der Waals surface area contributed by atoms with Crippen LogP contribution in [-0.4, -0.2) is 25.2 Å². The van der Waals surface area contributed by atoms with Crippen molar-refractivity contribution in [3.05, 3.63) is 41.7 Å². The normalized spacial score (nSPS) is 16.7. The minimum absolute atomic E-state index is 0.656. The fraction of sp³-hybridized carbons (Fsp3) is 0.421. The molecule has 1 aromatic carbocycles. The van der Waals surface area contributed by atoms with E-state index >= 15 is 0 Å². The van der Waals surface area contributed by atoms with E-state index in [4.69, 9.17) is 9.72 Å². The Labute approximate surface area is 131 Å². The zero-order valence-electron chi connectivity index (χ0n) is 13.3. The number of anilines is 1. The summed E-state index contributed by atoms with van der Waals surface area (Å²) in [4.78, 5) is 7.50. The van der Waals surface area contributed by atoms with E-state index in [-0.39, 0.29) is 0 Å². The number of ether oxygens (including phenoxy) is 1. The van der Waals surface area contributed by atoms with E-state index in [0.29, 0.717) is 5.92 Å². The van der Waals surface area contributed by atoms with Crippen LogP contribution in [0.1, 0.15) is 37.1 Å². The Kier molecular flexibility index (Phi) is 3.29. The molecule has 1 aromatic heterocycles. The van der Waals surface area contributed by atoms with Gasteiger partial charge in [-0.05, 0) is 43.0 Å². The summed E-state index contributed by atoms with van der Waals surface area (Å²) in [6.07, 6.45) is 3.51. The van der Waals surface area contributed by atoms with E-state index in [9.17, 15) is 0 Å². The average Bonchev–Trinajstić information content (AvgIpc) is 2.62. The highest BCUT2D eigenvalue weighted by molar-refractivity contribution is 5.82. The third-order valence-electron chi connectivity index (χ3n) is 5.03. The fourth-order valence-electron chi connectivity index (χ4n) is 3.78. The molecule has 3 nitrogen and oxygen atoms in total. The highest BCUT2D eigenvalue weighted by Gasteiger charge is 2.34. The Morgan fingerprint density at radius 2 is 1.91 bits per heavy atom. The molecule has 0 saturated carbocycles. The van der Waals surface area contributed by atoms with Gasteiger partial charge in [-0.2, -0.15) is 0 Å². The van der Waals surface area contributed by atoms with Crippen molar-refractivity contribution in [1.29, 1.82) is 0 Å². The zero-order valence-corrected chi connectivity index (χ0v) is 13.3. The first-order valence-corrected chi connectivity index (χ1v) is 8.23. The van der Waals surface area contributed by atoms with Crippen LogP contribution >= 0.6 is 0 Å². The smallest absolute Gasteiger partial charge is 0.118 e. The molecule has 0 amide bonds. The standard InChI is InChI=1S/C19H22N2O/c1-3-15-12-17(13-4-6-16(22-2)7-5-13)19-18(20-15)14-8-10-21(19)11-9-14/h4-7,12,14H,3,8-11H2,1-2H3. The number of methoxy groups -OCH3 is 1. The number of benzene rings is 1. The van der Waals surface area contributed by atoms with Crippen molar-refractivity contribution in [3.8, 4) is 16.9 Å². The summed E-state index contributed by atoms with van der Waals surface area (Å²) in [7, 11) is 1.71. The molecule has 5 rings (SSSR count). The molecule has 3 heteroatoms. The van der Waals surface area contributed by atoms with Gasteiger partial charge in [0.1, 0.15) is 5.75 Å². The van der Waals surface area contributed by atoms with Crippen LogP contribution in [0, 0.1) is 0 Å². The molecule has 22 heavy (non-hydrogen) atoms. The molecule has 0 atom stereocenters. The molecule has 0 N–H and O–H groups in total. The van der Waals surface area contributed by atoms with Gasteiger partial charge in [-0.25, -0.2) is 0 Å². The van der Waals surface area contributed by atoms with E-state index < -0.39 is 0 Å². The number of aryl methyl sites for hydroxylation is 1. The molecule has 2 aromatic rings. The monoisotopic (exact) mass is 294 g/mol. The third-order valence-corrected chi connectivity index (χ3v) is 5.03. The first-order valence-electron chi connectivity index (χ1n) is 8.23. The lowest BCUT2D eigenvalue weighted by atomic mass is 9.83.